The number of nitrogens with zero attached hydrogens (tertiary/aromatic N) is 2. The van der Waals surface area contributed by atoms with E-state index in [9.17, 15) is 9.59 Å². The van der Waals surface area contributed by atoms with E-state index < -0.39 is 0 Å². The lowest BCUT2D eigenvalue weighted by Crippen LogP contribution is -2.37. The molecule has 1 aliphatic heterocycles. The molecule has 0 unspecified atom stereocenters. The minimum atomic E-state index is -0.193. The van der Waals surface area contributed by atoms with E-state index in [-0.39, 0.29) is 11.9 Å². The first-order chi connectivity index (χ1) is 11.6. The fourth-order valence-electron chi connectivity index (χ4n) is 2.81. The van der Waals surface area contributed by atoms with Gasteiger partial charge >= 0.3 is 5.97 Å². The van der Waals surface area contributed by atoms with E-state index in [0.29, 0.717) is 26.2 Å². The molecule has 0 aliphatic carbocycles. The molecule has 132 valence electrons. The van der Waals surface area contributed by atoms with Crippen molar-refractivity contribution in [2.75, 3.05) is 45.6 Å². The van der Waals surface area contributed by atoms with Crippen molar-refractivity contribution in [3.63, 3.8) is 0 Å². The van der Waals surface area contributed by atoms with Crippen LogP contribution in [0, 0.1) is 0 Å². The van der Waals surface area contributed by atoms with Gasteiger partial charge in [0, 0.05) is 37.5 Å². The van der Waals surface area contributed by atoms with Crippen molar-refractivity contribution in [2.45, 2.75) is 19.1 Å². The number of hydrogen-bond acceptors (Lipinski definition) is 5. The molecular weight excluding hydrogens is 324 g/mol. The zero-order valence-corrected chi connectivity index (χ0v) is 15.3. The van der Waals surface area contributed by atoms with E-state index in [1.54, 1.807) is 11.8 Å². The Kier molecular flexibility index (Phi) is 7.59. The van der Waals surface area contributed by atoms with Crippen LogP contribution in [0.5, 0.6) is 0 Å². The van der Waals surface area contributed by atoms with Crippen molar-refractivity contribution in [3.8, 4) is 0 Å². The summed E-state index contributed by atoms with van der Waals surface area (Å²) in [5.74, 6) is 0.839. The minimum absolute atomic E-state index is 0.0729. The van der Waals surface area contributed by atoms with Crippen LogP contribution in [0.4, 0.5) is 0 Å². The summed E-state index contributed by atoms with van der Waals surface area (Å²) in [6.45, 7) is 5.41. The van der Waals surface area contributed by atoms with Gasteiger partial charge < -0.3 is 9.64 Å². The average Bonchev–Trinajstić information content (AvgIpc) is 2.81. The van der Waals surface area contributed by atoms with Crippen LogP contribution in [0.2, 0.25) is 0 Å². The number of esters is 1. The van der Waals surface area contributed by atoms with E-state index in [0.717, 1.165) is 30.8 Å². The third-order valence-electron chi connectivity index (χ3n) is 4.05. The molecule has 0 N–H and O–H groups in total. The molecule has 0 radical (unpaired) electrons. The molecule has 1 aromatic carbocycles. The molecular formula is C18H26N2O3S. The number of ether oxygens (including phenoxy) is 1. The van der Waals surface area contributed by atoms with Crippen molar-refractivity contribution >= 4 is 23.6 Å². The van der Waals surface area contributed by atoms with E-state index in [2.05, 4.69) is 11.2 Å². The predicted octanol–water partition coefficient (Wildman–Crippen LogP) is 2.26. The lowest BCUT2D eigenvalue weighted by Gasteiger charge is -2.21. The molecule has 1 aromatic rings. The maximum absolute atomic E-state index is 12.7. The molecule has 0 aromatic heterocycles. The third kappa shape index (κ3) is 5.53. The number of carbonyl (C=O) groups is 2. The van der Waals surface area contributed by atoms with Crippen molar-refractivity contribution in [1.29, 1.82) is 0 Å². The predicted molar refractivity (Wildman–Crippen MR) is 97.3 cm³/mol. The minimum Gasteiger partial charge on any atom is -0.465 e. The summed E-state index contributed by atoms with van der Waals surface area (Å²) in [5, 5.41) is 0. The van der Waals surface area contributed by atoms with Gasteiger partial charge in [-0.2, -0.15) is 11.8 Å². The monoisotopic (exact) mass is 350 g/mol. The molecule has 0 saturated carbocycles. The van der Waals surface area contributed by atoms with Gasteiger partial charge in [0.1, 0.15) is 0 Å². The average molecular weight is 350 g/mol. The van der Waals surface area contributed by atoms with Crippen LogP contribution in [-0.4, -0.2) is 67.3 Å². The Balaban J connectivity index is 1.90. The summed E-state index contributed by atoms with van der Waals surface area (Å²) >= 11 is 1.77. The summed E-state index contributed by atoms with van der Waals surface area (Å²) < 4.78 is 5.00. The van der Waals surface area contributed by atoms with Crippen molar-refractivity contribution in [2.24, 2.45) is 0 Å². The fourth-order valence-corrected chi connectivity index (χ4v) is 3.34. The van der Waals surface area contributed by atoms with E-state index in [4.69, 9.17) is 4.74 Å². The molecule has 0 atom stereocenters. The molecule has 6 heteroatoms. The lowest BCUT2D eigenvalue weighted by atomic mass is 10.1. The summed E-state index contributed by atoms with van der Waals surface area (Å²) in [5.41, 5.74) is 1.97. The van der Waals surface area contributed by atoms with Gasteiger partial charge in [-0.1, -0.05) is 12.1 Å². The Morgan fingerprint density at radius 3 is 2.54 bits per heavy atom. The van der Waals surface area contributed by atoms with Crippen LogP contribution in [0.15, 0.2) is 24.3 Å². The van der Waals surface area contributed by atoms with Crippen molar-refractivity contribution < 1.29 is 14.3 Å². The smallest absolute Gasteiger partial charge is 0.320 e. The Labute approximate surface area is 148 Å². The highest BCUT2D eigenvalue weighted by Gasteiger charge is 2.21. The zero-order valence-electron chi connectivity index (χ0n) is 14.5. The van der Waals surface area contributed by atoms with Gasteiger partial charge in [0.05, 0.1) is 13.2 Å². The third-order valence-corrected chi connectivity index (χ3v) is 4.67. The standard InChI is InChI=1S/C18H26N2O3S/c1-3-23-17(21)13-19-9-4-10-20(12-11-19)18(22)16-7-5-15(6-8-16)14-24-2/h5-8H,3-4,9-14H2,1-2H3. The molecule has 2 rings (SSSR count). The summed E-state index contributed by atoms with van der Waals surface area (Å²) in [7, 11) is 0. The molecule has 0 spiro atoms. The van der Waals surface area contributed by atoms with Crippen LogP contribution < -0.4 is 0 Å². The van der Waals surface area contributed by atoms with Gasteiger partial charge in [0.15, 0.2) is 0 Å². The quantitative estimate of drug-likeness (QED) is 0.737. The number of thioether (sulfide) groups is 1. The largest absolute Gasteiger partial charge is 0.465 e. The topological polar surface area (TPSA) is 49.9 Å². The Hall–Kier alpha value is -1.53. The van der Waals surface area contributed by atoms with Gasteiger partial charge in [-0.15, -0.1) is 0 Å². The molecule has 1 amide bonds. The first kappa shape index (κ1) is 18.8. The molecule has 1 saturated heterocycles. The molecule has 0 bridgehead atoms. The number of rotatable bonds is 6. The molecule has 1 heterocycles. The fraction of sp³-hybridized carbons (Fsp3) is 0.556. The second-order valence-corrected chi connectivity index (χ2v) is 6.72. The maximum Gasteiger partial charge on any atom is 0.320 e. The Morgan fingerprint density at radius 2 is 1.88 bits per heavy atom. The summed E-state index contributed by atoms with van der Waals surface area (Å²) in [6.07, 6.45) is 2.94. The first-order valence-electron chi connectivity index (χ1n) is 8.39. The van der Waals surface area contributed by atoms with Crippen LogP contribution in [0.3, 0.4) is 0 Å². The van der Waals surface area contributed by atoms with Gasteiger partial charge in [0.25, 0.3) is 5.91 Å². The molecule has 24 heavy (non-hydrogen) atoms. The Morgan fingerprint density at radius 1 is 1.12 bits per heavy atom. The highest BCUT2D eigenvalue weighted by molar-refractivity contribution is 7.97. The molecule has 5 nitrogen and oxygen atoms in total. The van der Waals surface area contributed by atoms with Crippen LogP contribution in [0.1, 0.15) is 29.3 Å². The number of hydrogen-bond donors (Lipinski definition) is 0. The Bertz CT molecular complexity index is 548. The summed E-state index contributed by atoms with van der Waals surface area (Å²) in [6, 6.07) is 7.87. The molecule has 1 aliphatic rings. The first-order valence-corrected chi connectivity index (χ1v) is 9.78. The number of benzene rings is 1. The SMILES string of the molecule is CCOC(=O)CN1CCCN(C(=O)c2ccc(CSC)cc2)CC1. The highest BCUT2D eigenvalue weighted by Crippen LogP contribution is 2.13. The van der Waals surface area contributed by atoms with Crippen molar-refractivity contribution in [1.82, 2.24) is 9.80 Å². The second-order valence-electron chi connectivity index (χ2n) is 5.86. The number of carbonyl (C=O) groups excluding carboxylic acids is 2. The van der Waals surface area contributed by atoms with Crippen molar-refractivity contribution in [3.05, 3.63) is 35.4 Å². The second kappa shape index (κ2) is 9.69. The van der Waals surface area contributed by atoms with Gasteiger partial charge in [-0.25, -0.2) is 0 Å². The summed E-state index contributed by atoms with van der Waals surface area (Å²) in [4.78, 5) is 28.2. The lowest BCUT2D eigenvalue weighted by molar-refractivity contribution is -0.144. The van der Waals surface area contributed by atoms with Gasteiger partial charge in [0.2, 0.25) is 0 Å². The van der Waals surface area contributed by atoms with Gasteiger partial charge in [-0.3, -0.25) is 14.5 Å². The number of amides is 1. The van der Waals surface area contributed by atoms with E-state index in [1.807, 2.05) is 36.1 Å². The maximum atomic E-state index is 12.7. The normalized spacial score (nSPS) is 15.8. The van der Waals surface area contributed by atoms with Crippen LogP contribution >= 0.6 is 11.8 Å². The highest BCUT2D eigenvalue weighted by atomic mass is 32.2. The zero-order chi connectivity index (χ0) is 17.4. The van der Waals surface area contributed by atoms with Crippen LogP contribution in [-0.2, 0) is 15.3 Å². The van der Waals surface area contributed by atoms with Crippen LogP contribution in [0.25, 0.3) is 0 Å². The van der Waals surface area contributed by atoms with Gasteiger partial charge in [-0.05, 0) is 37.3 Å². The van der Waals surface area contributed by atoms with E-state index >= 15 is 0 Å². The molecule has 1 fully saturated rings. The van der Waals surface area contributed by atoms with E-state index in [1.165, 1.54) is 5.56 Å².